The predicted molar refractivity (Wildman–Crippen MR) is 70.6 cm³/mol. The van der Waals surface area contributed by atoms with E-state index < -0.39 is 32.5 Å². The van der Waals surface area contributed by atoms with Crippen molar-refractivity contribution in [2.24, 2.45) is 0 Å². The maximum absolute atomic E-state index is 13.0. The van der Waals surface area contributed by atoms with Crippen LogP contribution in [0, 0.1) is 11.6 Å². The summed E-state index contributed by atoms with van der Waals surface area (Å²) >= 11 is 0. The van der Waals surface area contributed by atoms with Crippen LogP contribution in [-0.2, 0) is 10.0 Å². The Hall–Kier alpha value is -2.48. The minimum absolute atomic E-state index is 0.0188. The molecule has 0 aliphatic rings. The fraction of sp³-hybridized carbons (Fsp3) is 0. The first-order chi connectivity index (χ1) is 9.78. The lowest BCUT2D eigenvalue weighted by atomic mass is 10.2. The van der Waals surface area contributed by atoms with Crippen molar-refractivity contribution in [2.45, 2.75) is 4.90 Å². The summed E-state index contributed by atoms with van der Waals surface area (Å²) in [6.45, 7) is 0. The zero-order valence-corrected chi connectivity index (χ0v) is 11.2. The van der Waals surface area contributed by atoms with Crippen LogP contribution in [0.2, 0.25) is 0 Å². The van der Waals surface area contributed by atoms with Crippen LogP contribution in [0.5, 0.6) is 0 Å². The van der Waals surface area contributed by atoms with Crippen molar-refractivity contribution in [1.82, 2.24) is 0 Å². The van der Waals surface area contributed by atoms with E-state index in [1.54, 1.807) is 0 Å². The van der Waals surface area contributed by atoms with Crippen molar-refractivity contribution >= 4 is 21.7 Å². The number of carbonyl (C=O) groups is 1. The van der Waals surface area contributed by atoms with Gasteiger partial charge in [0.05, 0.1) is 10.5 Å². The molecule has 2 aromatic carbocycles. The summed E-state index contributed by atoms with van der Waals surface area (Å²) in [5.74, 6) is -3.19. The fourth-order valence-electron chi connectivity index (χ4n) is 1.58. The number of rotatable bonds is 4. The molecule has 0 fully saturated rings. The molecule has 110 valence electrons. The van der Waals surface area contributed by atoms with E-state index in [-0.39, 0.29) is 11.3 Å². The second-order valence-corrected chi connectivity index (χ2v) is 5.78. The molecule has 2 rings (SSSR count). The summed E-state index contributed by atoms with van der Waals surface area (Å²) < 4.78 is 52.1. The third kappa shape index (κ3) is 3.54. The number of halogens is 2. The summed E-state index contributed by atoms with van der Waals surface area (Å²) in [7, 11) is -4.17. The van der Waals surface area contributed by atoms with Crippen molar-refractivity contribution < 1.29 is 27.1 Å². The number of hydrogen-bond donors (Lipinski definition) is 2. The van der Waals surface area contributed by atoms with E-state index in [4.69, 9.17) is 5.11 Å². The largest absolute Gasteiger partial charge is 0.478 e. The van der Waals surface area contributed by atoms with E-state index >= 15 is 0 Å². The molecule has 0 saturated heterocycles. The molecule has 0 aliphatic carbocycles. The first-order valence-corrected chi connectivity index (χ1v) is 7.08. The van der Waals surface area contributed by atoms with E-state index in [2.05, 4.69) is 4.72 Å². The van der Waals surface area contributed by atoms with Gasteiger partial charge in [0, 0.05) is 11.8 Å². The molecule has 0 heterocycles. The van der Waals surface area contributed by atoms with Gasteiger partial charge in [-0.2, -0.15) is 0 Å². The Morgan fingerprint density at radius 2 is 1.52 bits per heavy atom. The van der Waals surface area contributed by atoms with Gasteiger partial charge >= 0.3 is 5.97 Å². The van der Waals surface area contributed by atoms with E-state index in [1.807, 2.05) is 0 Å². The highest BCUT2D eigenvalue weighted by atomic mass is 32.2. The molecule has 0 unspecified atom stereocenters. The van der Waals surface area contributed by atoms with Crippen molar-refractivity contribution in [3.63, 3.8) is 0 Å². The minimum atomic E-state index is -4.17. The van der Waals surface area contributed by atoms with Crippen LogP contribution in [0.25, 0.3) is 0 Å². The molecule has 0 amide bonds. The van der Waals surface area contributed by atoms with Crippen LogP contribution in [0.15, 0.2) is 47.4 Å². The second kappa shape index (κ2) is 5.49. The number of carboxylic acid groups (broad SMARTS) is 1. The summed E-state index contributed by atoms with van der Waals surface area (Å²) in [6, 6.07) is 6.78. The lowest BCUT2D eigenvalue weighted by Crippen LogP contribution is -2.13. The molecule has 0 aliphatic heterocycles. The van der Waals surface area contributed by atoms with Crippen molar-refractivity contribution in [1.29, 1.82) is 0 Å². The van der Waals surface area contributed by atoms with Gasteiger partial charge in [0.15, 0.2) is 0 Å². The zero-order chi connectivity index (χ0) is 15.6. The number of carboxylic acids is 1. The molecule has 5 nitrogen and oxygen atoms in total. The highest BCUT2D eigenvalue weighted by molar-refractivity contribution is 7.92. The van der Waals surface area contributed by atoms with Crippen LogP contribution in [0.1, 0.15) is 10.4 Å². The average molecular weight is 313 g/mol. The van der Waals surface area contributed by atoms with Crippen molar-refractivity contribution in [3.8, 4) is 0 Å². The molecule has 2 aromatic rings. The monoisotopic (exact) mass is 313 g/mol. The van der Waals surface area contributed by atoms with Gasteiger partial charge in [-0.05, 0) is 36.4 Å². The summed E-state index contributed by atoms with van der Waals surface area (Å²) in [4.78, 5) is 10.1. The quantitative estimate of drug-likeness (QED) is 0.908. The van der Waals surface area contributed by atoms with Crippen molar-refractivity contribution in [2.75, 3.05) is 4.72 Å². The van der Waals surface area contributed by atoms with Gasteiger partial charge in [-0.3, -0.25) is 4.72 Å². The molecule has 21 heavy (non-hydrogen) atoms. The van der Waals surface area contributed by atoms with Gasteiger partial charge in [-0.25, -0.2) is 22.0 Å². The van der Waals surface area contributed by atoms with E-state index in [0.717, 1.165) is 0 Å². The van der Waals surface area contributed by atoms with E-state index in [0.29, 0.717) is 18.2 Å². The first kappa shape index (κ1) is 14.9. The van der Waals surface area contributed by atoms with Crippen LogP contribution in [0.3, 0.4) is 0 Å². The molecule has 0 spiro atoms. The van der Waals surface area contributed by atoms with Gasteiger partial charge in [0.2, 0.25) is 0 Å². The predicted octanol–water partition coefficient (Wildman–Crippen LogP) is 2.46. The molecule has 0 saturated carbocycles. The lowest BCUT2D eigenvalue weighted by Gasteiger charge is -2.08. The number of nitrogens with one attached hydrogen (secondary N) is 1. The fourth-order valence-corrected chi connectivity index (χ4v) is 2.68. The summed E-state index contributed by atoms with van der Waals surface area (Å²) in [6.07, 6.45) is 0. The molecule has 0 bridgehead atoms. The maximum Gasteiger partial charge on any atom is 0.335 e. The molecular weight excluding hydrogens is 304 g/mol. The Kier molecular flexibility index (Phi) is 3.90. The van der Waals surface area contributed by atoms with E-state index in [1.165, 1.54) is 24.3 Å². The SMILES string of the molecule is O=C(O)c1ccc(NS(=O)(=O)c2cc(F)cc(F)c2)cc1. The third-order valence-electron chi connectivity index (χ3n) is 2.53. The third-order valence-corrected chi connectivity index (χ3v) is 3.89. The molecule has 0 radical (unpaired) electrons. The van der Waals surface area contributed by atoms with Crippen LogP contribution >= 0.6 is 0 Å². The average Bonchev–Trinajstić information content (AvgIpc) is 2.37. The van der Waals surface area contributed by atoms with Crippen LogP contribution < -0.4 is 4.72 Å². The normalized spacial score (nSPS) is 11.1. The Bertz CT molecular complexity index is 768. The van der Waals surface area contributed by atoms with Gasteiger partial charge in [0.1, 0.15) is 11.6 Å². The molecule has 0 aromatic heterocycles. The molecule has 2 N–H and O–H groups in total. The van der Waals surface area contributed by atoms with Gasteiger partial charge in [-0.1, -0.05) is 0 Å². The highest BCUT2D eigenvalue weighted by Gasteiger charge is 2.16. The van der Waals surface area contributed by atoms with Crippen LogP contribution in [-0.4, -0.2) is 19.5 Å². The smallest absolute Gasteiger partial charge is 0.335 e. The summed E-state index contributed by atoms with van der Waals surface area (Å²) in [5.41, 5.74) is 0.0550. The number of sulfonamides is 1. The topological polar surface area (TPSA) is 83.5 Å². The van der Waals surface area contributed by atoms with Gasteiger partial charge in [0.25, 0.3) is 10.0 Å². The Morgan fingerprint density at radius 3 is 2.00 bits per heavy atom. The molecule has 0 atom stereocenters. The first-order valence-electron chi connectivity index (χ1n) is 5.60. The lowest BCUT2D eigenvalue weighted by molar-refractivity contribution is 0.0697. The highest BCUT2D eigenvalue weighted by Crippen LogP contribution is 2.18. The molecule has 8 heteroatoms. The Morgan fingerprint density at radius 1 is 1.00 bits per heavy atom. The number of aromatic carboxylic acids is 1. The maximum atomic E-state index is 13.0. The number of anilines is 1. The summed E-state index contributed by atoms with van der Waals surface area (Å²) in [5, 5.41) is 8.73. The minimum Gasteiger partial charge on any atom is -0.478 e. The van der Waals surface area contributed by atoms with Crippen molar-refractivity contribution in [3.05, 3.63) is 59.7 Å². The molecular formula is C13H9F2NO4S. The van der Waals surface area contributed by atoms with Crippen LogP contribution in [0.4, 0.5) is 14.5 Å². The van der Waals surface area contributed by atoms with Gasteiger partial charge < -0.3 is 5.11 Å². The zero-order valence-electron chi connectivity index (χ0n) is 10.4. The second-order valence-electron chi connectivity index (χ2n) is 4.09. The van der Waals surface area contributed by atoms with E-state index in [9.17, 15) is 22.0 Å². The Balaban J connectivity index is 2.30. The number of hydrogen-bond acceptors (Lipinski definition) is 3. The number of benzene rings is 2. The Labute approximate surface area is 118 Å². The van der Waals surface area contributed by atoms with Gasteiger partial charge in [-0.15, -0.1) is 0 Å². The standard InChI is InChI=1S/C13H9F2NO4S/c14-9-5-10(15)7-12(6-9)21(19,20)16-11-3-1-8(2-4-11)13(17)18/h1-7,16H,(H,17,18).